The standard InChI is InChI=1S/C12H19N3OS/c16-17-6-3-10(4-7-17)15-9-13-8-12(15)11-2-1-5-14-11/h8-11,14H,1-7H2. The predicted molar refractivity (Wildman–Crippen MR) is 68.4 cm³/mol. The second kappa shape index (κ2) is 4.90. The van der Waals surface area contributed by atoms with Gasteiger partial charge in [0.1, 0.15) is 0 Å². The summed E-state index contributed by atoms with van der Waals surface area (Å²) in [6.45, 7) is 1.12. The number of hydrogen-bond acceptors (Lipinski definition) is 3. The minimum Gasteiger partial charge on any atom is -0.330 e. The van der Waals surface area contributed by atoms with Gasteiger partial charge in [-0.3, -0.25) is 4.21 Å². The minimum absolute atomic E-state index is 0.477. The van der Waals surface area contributed by atoms with E-state index in [-0.39, 0.29) is 0 Å². The first-order valence-electron chi connectivity index (χ1n) is 6.44. The molecule has 3 heterocycles. The Balaban J connectivity index is 1.78. The summed E-state index contributed by atoms with van der Waals surface area (Å²) in [6, 6.07) is 0.984. The van der Waals surface area contributed by atoms with Gasteiger partial charge in [0, 0.05) is 40.6 Å². The maximum absolute atomic E-state index is 11.4. The molecule has 5 heteroatoms. The Bertz CT molecular complexity index is 402. The van der Waals surface area contributed by atoms with E-state index in [0.29, 0.717) is 12.1 Å². The molecule has 0 spiro atoms. The molecule has 0 radical (unpaired) electrons. The van der Waals surface area contributed by atoms with Crippen LogP contribution in [-0.4, -0.2) is 31.8 Å². The third-order valence-electron chi connectivity index (χ3n) is 3.86. The fourth-order valence-electron chi connectivity index (χ4n) is 2.89. The lowest BCUT2D eigenvalue weighted by atomic mass is 10.1. The number of aromatic nitrogens is 2. The lowest BCUT2D eigenvalue weighted by Crippen LogP contribution is -2.25. The van der Waals surface area contributed by atoms with Gasteiger partial charge in [0.2, 0.25) is 0 Å². The van der Waals surface area contributed by atoms with Crippen molar-refractivity contribution < 1.29 is 4.21 Å². The molecule has 0 saturated carbocycles. The normalized spacial score (nSPS) is 34.0. The third kappa shape index (κ3) is 2.31. The third-order valence-corrected chi connectivity index (χ3v) is 5.25. The molecule has 4 nitrogen and oxygen atoms in total. The Hall–Kier alpha value is -0.680. The van der Waals surface area contributed by atoms with Crippen molar-refractivity contribution in [2.45, 2.75) is 37.8 Å². The van der Waals surface area contributed by atoms with Gasteiger partial charge in [-0.2, -0.15) is 0 Å². The largest absolute Gasteiger partial charge is 0.330 e. The number of hydrogen-bond donors (Lipinski definition) is 1. The maximum atomic E-state index is 11.4. The summed E-state index contributed by atoms with van der Waals surface area (Å²) in [5, 5.41) is 3.53. The van der Waals surface area contributed by atoms with E-state index in [0.717, 1.165) is 30.9 Å². The Morgan fingerprint density at radius 2 is 2.18 bits per heavy atom. The fourth-order valence-corrected chi connectivity index (χ4v) is 4.16. The Morgan fingerprint density at radius 3 is 2.88 bits per heavy atom. The molecule has 94 valence electrons. The summed E-state index contributed by atoms with van der Waals surface area (Å²) < 4.78 is 13.7. The number of nitrogens with zero attached hydrogens (tertiary/aromatic N) is 2. The molecule has 1 atom stereocenters. The van der Waals surface area contributed by atoms with Crippen molar-refractivity contribution in [2.75, 3.05) is 18.1 Å². The van der Waals surface area contributed by atoms with Crippen molar-refractivity contribution in [1.82, 2.24) is 14.9 Å². The van der Waals surface area contributed by atoms with Crippen molar-refractivity contribution in [1.29, 1.82) is 0 Å². The van der Waals surface area contributed by atoms with Crippen molar-refractivity contribution in [3.63, 3.8) is 0 Å². The van der Waals surface area contributed by atoms with Gasteiger partial charge in [-0.1, -0.05) is 0 Å². The van der Waals surface area contributed by atoms with Crippen LogP contribution in [0.15, 0.2) is 12.5 Å². The second-order valence-corrected chi connectivity index (χ2v) is 6.65. The van der Waals surface area contributed by atoms with E-state index >= 15 is 0 Å². The molecule has 2 aliphatic rings. The molecule has 1 N–H and O–H groups in total. The molecule has 1 aromatic rings. The van der Waals surface area contributed by atoms with Crippen molar-refractivity contribution >= 4 is 10.8 Å². The molecule has 2 aliphatic heterocycles. The molecule has 17 heavy (non-hydrogen) atoms. The van der Waals surface area contributed by atoms with Gasteiger partial charge in [0.05, 0.1) is 12.0 Å². The van der Waals surface area contributed by atoms with Crippen molar-refractivity contribution in [2.24, 2.45) is 0 Å². The van der Waals surface area contributed by atoms with E-state index < -0.39 is 10.8 Å². The van der Waals surface area contributed by atoms with Crippen LogP contribution in [0.25, 0.3) is 0 Å². The van der Waals surface area contributed by atoms with E-state index in [9.17, 15) is 4.21 Å². The summed E-state index contributed by atoms with van der Waals surface area (Å²) in [5.74, 6) is 1.70. The molecule has 3 rings (SSSR count). The molecule has 0 aromatic carbocycles. The van der Waals surface area contributed by atoms with Gasteiger partial charge in [0.15, 0.2) is 0 Å². The summed E-state index contributed by atoms with van der Waals surface area (Å²) in [4.78, 5) is 4.31. The van der Waals surface area contributed by atoms with Crippen LogP contribution in [0.5, 0.6) is 0 Å². The quantitative estimate of drug-likeness (QED) is 0.866. The first-order valence-corrected chi connectivity index (χ1v) is 7.93. The molecular formula is C12H19N3OS. The monoisotopic (exact) mass is 253 g/mol. The van der Waals surface area contributed by atoms with E-state index in [1.54, 1.807) is 0 Å². The zero-order chi connectivity index (χ0) is 11.7. The molecule has 0 bridgehead atoms. The van der Waals surface area contributed by atoms with Crippen LogP contribution in [0.3, 0.4) is 0 Å². The average Bonchev–Trinajstić information content (AvgIpc) is 3.00. The zero-order valence-corrected chi connectivity index (χ0v) is 10.8. The van der Waals surface area contributed by atoms with Gasteiger partial charge in [0.25, 0.3) is 0 Å². The lowest BCUT2D eigenvalue weighted by Gasteiger charge is -2.26. The number of nitrogens with one attached hydrogen (secondary N) is 1. The topological polar surface area (TPSA) is 46.9 Å². The van der Waals surface area contributed by atoms with Crippen molar-refractivity contribution in [3.05, 3.63) is 18.2 Å². The highest BCUT2D eigenvalue weighted by atomic mass is 32.2. The van der Waals surface area contributed by atoms with E-state index in [1.165, 1.54) is 18.5 Å². The molecule has 2 saturated heterocycles. The van der Waals surface area contributed by atoms with E-state index in [4.69, 9.17) is 0 Å². The molecule has 0 amide bonds. The second-order valence-electron chi connectivity index (χ2n) is 4.95. The van der Waals surface area contributed by atoms with Crippen LogP contribution in [0.1, 0.15) is 43.5 Å². The van der Waals surface area contributed by atoms with Crippen LogP contribution < -0.4 is 5.32 Å². The number of imidazole rings is 1. The molecule has 0 aliphatic carbocycles. The summed E-state index contributed by atoms with van der Waals surface area (Å²) in [5.41, 5.74) is 1.32. The van der Waals surface area contributed by atoms with Crippen LogP contribution in [0.2, 0.25) is 0 Å². The molecule has 1 aromatic heterocycles. The van der Waals surface area contributed by atoms with Gasteiger partial charge in [-0.15, -0.1) is 0 Å². The Labute approximate surface area is 104 Å². The van der Waals surface area contributed by atoms with Gasteiger partial charge < -0.3 is 9.88 Å². The van der Waals surface area contributed by atoms with E-state index in [2.05, 4.69) is 14.9 Å². The average molecular weight is 253 g/mol. The maximum Gasteiger partial charge on any atom is 0.0951 e. The summed E-state index contributed by atoms with van der Waals surface area (Å²) in [6.07, 6.45) is 8.48. The van der Waals surface area contributed by atoms with Crippen LogP contribution >= 0.6 is 0 Å². The van der Waals surface area contributed by atoms with Crippen LogP contribution in [0, 0.1) is 0 Å². The predicted octanol–water partition coefficient (Wildman–Crippen LogP) is 1.39. The number of rotatable bonds is 2. The van der Waals surface area contributed by atoms with Gasteiger partial charge in [-0.25, -0.2) is 4.98 Å². The van der Waals surface area contributed by atoms with Crippen LogP contribution in [-0.2, 0) is 10.8 Å². The molecule has 2 fully saturated rings. The first kappa shape index (κ1) is 11.4. The summed E-state index contributed by atoms with van der Waals surface area (Å²) >= 11 is 0. The fraction of sp³-hybridized carbons (Fsp3) is 0.750. The van der Waals surface area contributed by atoms with Gasteiger partial charge in [-0.05, 0) is 32.2 Å². The summed E-state index contributed by atoms with van der Waals surface area (Å²) in [7, 11) is -0.580. The first-order chi connectivity index (χ1) is 8.34. The lowest BCUT2D eigenvalue weighted by molar-refractivity contribution is 0.431. The molecular weight excluding hydrogens is 234 g/mol. The highest BCUT2D eigenvalue weighted by molar-refractivity contribution is 7.85. The SMILES string of the molecule is O=S1CCC(n2cncc2C2CCCN2)CC1. The van der Waals surface area contributed by atoms with Gasteiger partial charge >= 0.3 is 0 Å². The minimum atomic E-state index is -0.580. The van der Waals surface area contributed by atoms with Crippen molar-refractivity contribution in [3.8, 4) is 0 Å². The highest BCUT2D eigenvalue weighted by Gasteiger charge is 2.25. The molecule has 1 unspecified atom stereocenters. The van der Waals surface area contributed by atoms with Crippen LogP contribution in [0.4, 0.5) is 0 Å². The van der Waals surface area contributed by atoms with E-state index in [1.807, 2.05) is 12.5 Å². The Kier molecular flexibility index (Phi) is 3.29. The smallest absolute Gasteiger partial charge is 0.0951 e. The highest BCUT2D eigenvalue weighted by Crippen LogP contribution is 2.29. The zero-order valence-electron chi connectivity index (χ0n) is 9.97. The Morgan fingerprint density at radius 1 is 1.35 bits per heavy atom.